The first kappa shape index (κ1) is 11.3. The summed E-state index contributed by atoms with van der Waals surface area (Å²) in [6, 6.07) is 8.04. The molecule has 0 radical (unpaired) electrons. The zero-order valence-corrected chi connectivity index (χ0v) is 12.2. The molecule has 0 N–H and O–H groups in total. The molecule has 110 valence electrons. The fourth-order valence-corrected chi connectivity index (χ4v) is 1.95. The predicted molar refractivity (Wildman–Crippen MR) is 85.0 cm³/mol. The van der Waals surface area contributed by atoms with Gasteiger partial charge < -0.3 is 4.74 Å². The molecule has 2 aromatic rings. The minimum absolute atomic E-state index is 0.207. The largest absolute Gasteiger partial charge is 0.494 e. The molecule has 1 heterocycles. The molecule has 4 heteroatoms. The van der Waals surface area contributed by atoms with Crippen LogP contribution in [0.1, 0.15) is 36.4 Å². The van der Waals surface area contributed by atoms with E-state index in [1.165, 1.54) is 0 Å². The van der Waals surface area contributed by atoms with Crippen molar-refractivity contribution in [3.8, 4) is 11.3 Å². The first-order valence-corrected chi connectivity index (χ1v) is 6.73. The van der Waals surface area contributed by atoms with Gasteiger partial charge in [-0.2, -0.15) is 5.10 Å². The molecule has 0 saturated heterocycles. The van der Waals surface area contributed by atoms with E-state index in [4.69, 9.17) is 8.85 Å². The molecule has 21 heavy (non-hydrogen) atoms. The molecule has 0 aliphatic carbocycles. The van der Waals surface area contributed by atoms with Crippen LogP contribution in [0.2, 0.25) is 0 Å². The Balaban J connectivity index is 2.77. The smallest absolute Gasteiger partial charge is 0.267 e. The third-order valence-electron chi connectivity index (χ3n) is 2.91. The van der Waals surface area contributed by atoms with Gasteiger partial charge in [0.15, 0.2) is 0 Å². The summed E-state index contributed by atoms with van der Waals surface area (Å²) in [7, 11) is 0. The summed E-state index contributed by atoms with van der Waals surface area (Å²) in [6.07, 6.45) is 0. The van der Waals surface area contributed by atoms with Gasteiger partial charge in [0.05, 0.1) is 14.0 Å². The monoisotopic (exact) mass is 287 g/mol. The van der Waals surface area contributed by atoms with Crippen LogP contribution in [0.4, 0.5) is 0 Å². The number of rotatable bonds is 5. The number of hydrogen-bond donors (Lipinski definition) is 0. The highest BCUT2D eigenvalue weighted by Crippen LogP contribution is 2.25. The van der Waals surface area contributed by atoms with Crippen LogP contribution >= 0.6 is 0 Å². The van der Waals surface area contributed by atoms with Gasteiger partial charge in [0.1, 0.15) is 11.5 Å². The normalized spacial score (nSPS) is 14.1. The van der Waals surface area contributed by atoms with E-state index in [9.17, 15) is 4.79 Å². The van der Waals surface area contributed by atoms with Crippen molar-refractivity contribution in [1.29, 1.82) is 0 Å². The fourth-order valence-electron chi connectivity index (χ4n) is 1.95. The number of benzene rings is 1. The molecule has 1 aromatic heterocycles. The van der Waals surface area contributed by atoms with Crippen LogP contribution in [0.25, 0.3) is 17.0 Å². The maximum atomic E-state index is 12.5. The van der Waals surface area contributed by atoms with E-state index < -0.39 is 18.5 Å². The molecule has 0 fully saturated rings. The average molecular weight is 287 g/mol. The van der Waals surface area contributed by atoms with Crippen molar-refractivity contribution in [2.24, 2.45) is 0 Å². The molecule has 0 bridgehead atoms. The lowest BCUT2D eigenvalue weighted by Gasteiger charge is -2.15. The van der Waals surface area contributed by atoms with Crippen molar-refractivity contribution in [3.63, 3.8) is 0 Å². The Morgan fingerprint density at radius 2 is 2.24 bits per heavy atom. The highest BCUT2D eigenvalue weighted by molar-refractivity contribution is 5.74. The number of ether oxygens (including phenoxy) is 1. The van der Waals surface area contributed by atoms with E-state index >= 15 is 0 Å². The average Bonchev–Trinajstić information content (AvgIpc) is 2.57. The van der Waals surface area contributed by atoms with Crippen LogP contribution in [0, 0.1) is 0 Å². The lowest BCUT2D eigenvalue weighted by Crippen LogP contribution is -2.25. The Labute approximate surface area is 128 Å². The minimum Gasteiger partial charge on any atom is -0.494 e. The Morgan fingerprint density at radius 1 is 1.52 bits per heavy atom. The summed E-state index contributed by atoms with van der Waals surface area (Å²) in [6.45, 7) is 6.23. The van der Waals surface area contributed by atoms with Crippen molar-refractivity contribution in [1.82, 2.24) is 9.78 Å². The van der Waals surface area contributed by atoms with Crippen LogP contribution in [0.15, 0.2) is 47.7 Å². The molecule has 0 aliphatic rings. The molecule has 0 aliphatic heterocycles. The summed E-state index contributed by atoms with van der Waals surface area (Å²) in [5.74, 6) is 0.207. The summed E-state index contributed by atoms with van der Waals surface area (Å²) in [5, 5.41) is 4.33. The molecule has 1 aromatic carbocycles. The molecule has 1 unspecified atom stereocenters. The number of nitrogens with zero attached hydrogens (tertiary/aromatic N) is 2. The summed E-state index contributed by atoms with van der Waals surface area (Å²) in [5.41, 5.74) is 0.658. The van der Waals surface area contributed by atoms with Gasteiger partial charge in [-0.05, 0) is 20.7 Å². The molecule has 2 rings (SSSR count). The summed E-state index contributed by atoms with van der Waals surface area (Å²) in [4.78, 5) is 12.5. The van der Waals surface area contributed by atoms with Crippen molar-refractivity contribution in [3.05, 3.63) is 58.9 Å². The van der Waals surface area contributed by atoms with E-state index in [0.29, 0.717) is 17.9 Å². The van der Waals surface area contributed by atoms with E-state index in [-0.39, 0.29) is 17.4 Å². The van der Waals surface area contributed by atoms with Gasteiger partial charge in [-0.15, -0.1) is 0 Å². The molecule has 1 atom stereocenters. The van der Waals surface area contributed by atoms with Crippen molar-refractivity contribution < 1.29 is 8.85 Å². The summed E-state index contributed by atoms with van der Waals surface area (Å²) < 4.78 is 29.7. The molecule has 0 amide bonds. The van der Waals surface area contributed by atoms with Crippen LogP contribution in [0.5, 0.6) is 0 Å². The lowest BCUT2D eigenvalue weighted by atomic mass is 10.1. The second-order valence-electron chi connectivity index (χ2n) is 4.56. The van der Waals surface area contributed by atoms with Gasteiger partial charge in [-0.3, -0.25) is 4.79 Å². The van der Waals surface area contributed by atoms with E-state index in [1.807, 2.05) is 30.3 Å². The van der Waals surface area contributed by atoms with E-state index in [0.717, 1.165) is 4.68 Å². The highest BCUT2D eigenvalue weighted by Gasteiger charge is 2.15. The van der Waals surface area contributed by atoms with Gasteiger partial charge in [0, 0.05) is 19.9 Å². The van der Waals surface area contributed by atoms with E-state index in [1.54, 1.807) is 13.8 Å². The van der Waals surface area contributed by atoms with Crippen LogP contribution in [-0.2, 0) is 4.74 Å². The quantitative estimate of drug-likeness (QED) is 0.791. The van der Waals surface area contributed by atoms with Crippen molar-refractivity contribution in [2.75, 3.05) is 6.61 Å². The topological polar surface area (TPSA) is 44.1 Å². The van der Waals surface area contributed by atoms with E-state index in [2.05, 4.69) is 11.7 Å². The Bertz CT molecular complexity index is 788. The van der Waals surface area contributed by atoms with Crippen molar-refractivity contribution in [2.45, 2.75) is 26.8 Å². The Morgan fingerprint density at radius 3 is 2.86 bits per heavy atom. The lowest BCUT2D eigenvalue weighted by molar-refractivity contribution is 0.299. The van der Waals surface area contributed by atoms with Gasteiger partial charge in [-0.25, -0.2) is 4.68 Å². The maximum Gasteiger partial charge on any atom is 0.267 e. The van der Waals surface area contributed by atoms with Crippen LogP contribution in [-0.4, -0.2) is 16.4 Å². The third-order valence-corrected chi connectivity index (χ3v) is 2.91. The highest BCUT2D eigenvalue weighted by atomic mass is 16.5. The number of hydrogen-bond acceptors (Lipinski definition) is 3. The van der Waals surface area contributed by atoms with Crippen LogP contribution in [0.3, 0.4) is 0 Å². The summed E-state index contributed by atoms with van der Waals surface area (Å²) >= 11 is 0. The molecular formula is C17H20N2O2. The fraction of sp³-hybridized carbons (Fsp3) is 0.294. The van der Waals surface area contributed by atoms with Gasteiger partial charge in [-0.1, -0.05) is 36.9 Å². The second kappa shape index (κ2) is 6.39. The van der Waals surface area contributed by atoms with Gasteiger partial charge in [0.2, 0.25) is 0 Å². The maximum absolute atomic E-state index is 12.5. The van der Waals surface area contributed by atoms with Gasteiger partial charge in [0.25, 0.3) is 5.56 Å². The van der Waals surface area contributed by atoms with Crippen LogP contribution < -0.4 is 5.56 Å². The standard InChI is InChI=1S/C17H20N2O2/c1-5-21-13(4)15-11-16(20)19(12(2)3)18-17(15)14-9-7-6-8-10-14/h6-12H,4-5H2,1-3H3/i2D2,11D. The Kier molecular flexibility index (Phi) is 3.45. The number of aromatic nitrogens is 2. The Hall–Kier alpha value is -2.36. The van der Waals surface area contributed by atoms with Crippen molar-refractivity contribution >= 4 is 5.76 Å². The first-order valence-electron chi connectivity index (χ1n) is 8.39. The third kappa shape index (κ3) is 3.21. The zero-order valence-electron chi connectivity index (χ0n) is 15.2. The zero-order chi connectivity index (χ0) is 17.9. The molecule has 0 saturated carbocycles. The molecular weight excluding hydrogens is 264 g/mol. The van der Waals surface area contributed by atoms with Gasteiger partial charge >= 0.3 is 0 Å². The first-order chi connectivity index (χ1) is 11.4. The predicted octanol–water partition coefficient (Wildman–Crippen LogP) is 3.50. The second-order valence-corrected chi connectivity index (χ2v) is 4.56. The SMILES string of the molecule is [2H]c1c(C(=C)OCC)c(-c2ccccc2)nn(C(C)C([2H])[2H])c1=O. The molecule has 4 nitrogen and oxygen atoms in total. The minimum atomic E-state index is -1.28. The molecule has 0 spiro atoms.